The van der Waals surface area contributed by atoms with E-state index in [1.54, 1.807) is 0 Å². The van der Waals surface area contributed by atoms with E-state index < -0.39 is 0 Å². The van der Waals surface area contributed by atoms with Crippen molar-refractivity contribution in [3.05, 3.63) is 0 Å². The summed E-state index contributed by atoms with van der Waals surface area (Å²) >= 11 is 0. The van der Waals surface area contributed by atoms with Crippen molar-refractivity contribution >= 4 is 0 Å². The molecule has 0 bridgehead atoms. The second-order valence-corrected chi connectivity index (χ2v) is 4.60. The van der Waals surface area contributed by atoms with E-state index in [0.29, 0.717) is 0 Å². The van der Waals surface area contributed by atoms with Gasteiger partial charge in [-0.25, -0.2) is 0 Å². The topological polar surface area (TPSA) is 38.5 Å². The third-order valence-electron chi connectivity index (χ3n) is 3.48. The summed E-state index contributed by atoms with van der Waals surface area (Å²) in [6.07, 6.45) is 4.90. The average molecular weight is 214 g/mol. The van der Waals surface area contributed by atoms with Crippen LogP contribution in [0.25, 0.3) is 0 Å². The highest BCUT2D eigenvalue weighted by molar-refractivity contribution is 4.92. The molecule has 0 aliphatic heterocycles. The van der Waals surface area contributed by atoms with Gasteiger partial charge in [-0.2, -0.15) is 0 Å². The molecule has 15 heavy (non-hydrogen) atoms. The first kappa shape index (κ1) is 12.9. The Morgan fingerprint density at radius 2 is 2.00 bits per heavy atom. The second-order valence-electron chi connectivity index (χ2n) is 4.60. The van der Waals surface area contributed by atoms with E-state index in [2.05, 4.69) is 11.8 Å². The first-order chi connectivity index (χ1) is 7.20. The Kier molecular flexibility index (Phi) is 5.58. The lowest BCUT2D eigenvalue weighted by Gasteiger charge is -2.39. The largest absolute Gasteiger partial charge is 0.380 e. The summed E-state index contributed by atoms with van der Waals surface area (Å²) in [4.78, 5) is 2.43. The molecule has 0 atom stereocenters. The zero-order valence-corrected chi connectivity index (χ0v) is 10.3. The highest BCUT2D eigenvalue weighted by Gasteiger charge is 2.32. The lowest BCUT2D eigenvalue weighted by Crippen LogP contribution is -2.49. The van der Waals surface area contributed by atoms with Gasteiger partial charge in [0.25, 0.3) is 0 Å². The highest BCUT2D eigenvalue weighted by atomic mass is 16.5. The van der Waals surface area contributed by atoms with Crippen LogP contribution in [-0.2, 0) is 4.74 Å². The fraction of sp³-hybridized carbons (Fsp3) is 1.00. The van der Waals surface area contributed by atoms with Crippen molar-refractivity contribution in [2.45, 2.75) is 45.1 Å². The summed E-state index contributed by atoms with van der Waals surface area (Å²) in [6.45, 7) is 9.18. The van der Waals surface area contributed by atoms with E-state index >= 15 is 0 Å². The van der Waals surface area contributed by atoms with E-state index in [4.69, 9.17) is 10.5 Å². The lowest BCUT2D eigenvalue weighted by atomic mass is 9.75. The maximum atomic E-state index is 6.20. The van der Waals surface area contributed by atoms with E-state index in [1.807, 2.05) is 6.92 Å². The van der Waals surface area contributed by atoms with Crippen LogP contribution in [0.15, 0.2) is 0 Å². The number of nitrogens with zero attached hydrogens (tertiary/aromatic N) is 1. The van der Waals surface area contributed by atoms with E-state index in [0.717, 1.165) is 39.3 Å². The van der Waals surface area contributed by atoms with Crippen LogP contribution in [0.1, 0.15) is 39.5 Å². The third-order valence-corrected chi connectivity index (χ3v) is 3.48. The second kappa shape index (κ2) is 6.46. The van der Waals surface area contributed by atoms with Crippen molar-refractivity contribution in [2.75, 3.05) is 32.8 Å². The molecular weight excluding hydrogens is 188 g/mol. The fourth-order valence-corrected chi connectivity index (χ4v) is 2.03. The zero-order chi connectivity index (χ0) is 11.1. The van der Waals surface area contributed by atoms with Crippen LogP contribution < -0.4 is 5.73 Å². The molecule has 2 N–H and O–H groups in total. The van der Waals surface area contributed by atoms with Crippen molar-refractivity contribution in [1.82, 2.24) is 4.90 Å². The van der Waals surface area contributed by atoms with Crippen LogP contribution in [0.3, 0.4) is 0 Å². The van der Waals surface area contributed by atoms with E-state index in [9.17, 15) is 0 Å². The first-order valence-corrected chi connectivity index (χ1v) is 6.29. The average Bonchev–Trinajstić information content (AvgIpc) is 2.20. The predicted molar refractivity (Wildman–Crippen MR) is 64.0 cm³/mol. The maximum absolute atomic E-state index is 6.20. The predicted octanol–water partition coefficient (Wildman–Crippen LogP) is 1.62. The van der Waals surface area contributed by atoms with Crippen LogP contribution in [0.5, 0.6) is 0 Å². The van der Waals surface area contributed by atoms with Crippen LogP contribution in [0.4, 0.5) is 0 Å². The third kappa shape index (κ3) is 4.49. The maximum Gasteiger partial charge on any atom is 0.0593 e. The standard InChI is InChI=1S/C12H26N2O/c1-3-14(10-11-15-4-2)9-8-12(13)6-5-7-12/h3-11,13H2,1-2H3. The van der Waals surface area contributed by atoms with Crippen LogP contribution >= 0.6 is 0 Å². The quantitative estimate of drug-likeness (QED) is 0.624. The minimum absolute atomic E-state index is 0.166. The number of ether oxygens (including phenoxy) is 1. The molecule has 1 aliphatic carbocycles. The molecule has 1 saturated carbocycles. The number of likely N-dealkylation sites (N-methyl/N-ethyl adjacent to an activating group) is 1. The molecule has 3 heteroatoms. The first-order valence-electron chi connectivity index (χ1n) is 6.29. The molecule has 1 fully saturated rings. The van der Waals surface area contributed by atoms with Crippen molar-refractivity contribution in [3.63, 3.8) is 0 Å². The molecule has 0 spiro atoms. The SMILES string of the molecule is CCOCCN(CC)CCC1(N)CCC1. The van der Waals surface area contributed by atoms with E-state index in [-0.39, 0.29) is 5.54 Å². The molecular formula is C12H26N2O. The molecule has 0 heterocycles. The Bertz CT molecular complexity index is 169. The zero-order valence-electron chi connectivity index (χ0n) is 10.3. The summed E-state index contributed by atoms with van der Waals surface area (Å²) < 4.78 is 5.37. The minimum Gasteiger partial charge on any atom is -0.380 e. The summed E-state index contributed by atoms with van der Waals surface area (Å²) in [5, 5.41) is 0. The fourth-order valence-electron chi connectivity index (χ4n) is 2.03. The van der Waals surface area contributed by atoms with Crippen molar-refractivity contribution in [1.29, 1.82) is 0 Å². The van der Waals surface area contributed by atoms with Crippen LogP contribution in [0.2, 0.25) is 0 Å². The summed E-state index contributed by atoms with van der Waals surface area (Å²) in [6, 6.07) is 0. The molecule has 0 unspecified atom stereocenters. The highest BCUT2D eigenvalue weighted by Crippen LogP contribution is 2.32. The molecule has 3 nitrogen and oxygen atoms in total. The number of rotatable bonds is 8. The van der Waals surface area contributed by atoms with Gasteiger partial charge in [-0.3, -0.25) is 0 Å². The summed E-state index contributed by atoms with van der Waals surface area (Å²) in [5.41, 5.74) is 6.37. The van der Waals surface area contributed by atoms with Crippen LogP contribution in [0, 0.1) is 0 Å². The van der Waals surface area contributed by atoms with Gasteiger partial charge in [0.05, 0.1) is 6.61 Å². The van der Waals surface area contributed by atoms with Crippen molar-refractivity contribution < 1.29 is 4.74 Å². The molecule has 0 radical (unpaired) electrons. The van der Waals surface area contributed by atoms with Gasteiger partial charge in [0.1, 0.15) is 0 Å². The molecule has 1 aliphatic rings. The molecule has 90 valence electrons. The normalized spacial score (nSPS) is 19.2. The molecule has 0 aromatic carbocycles. The van der Waals surface area contributed by atoms with Gasteiger partial charge in [0.2, 0.25) is 0 Å². The van der Waals surface area contributed by atoms with Gasteiger partial charge in [-0.05, 0) is 45.7 Å². The number of hydrogen-bond donors (Lipinski definition) is 1. The molecule has 0 aromatic rings. The summed E-state index contributed by atoms with van der Waals surface area (Å²) in [7, 11) is 0. The number of hydrogen-bond acceptors (Lipinski definition) is 3. The van der Waals surface area contributed by atoms with Crippen molar-refractivity contribution in [2.24, 2.45) is 5.73 Å². The van der Waals surface area contributed by atoms with Gasteiger partial charge >= 0.3 is 0 Å². The minimum atomic E-state index is 0.166. The Hall–Kier alpha value is -0.120. The smallest absolute Gasteiger partial charge is 0.0593 e. The van der Waals surface area contributed by atoms with Gasteiger partial charge in [0.15, 0.2) is 0 Å². The molecule has 0 aromatic heterocycles. The van der Waals surface area contributed by atoms with Crippen LogP contribution in [-0.4, -0.2) is 43.3 Å². The Balaban J connectivity index is 2.10. The molecule has 0 amide bonds. The number of nitrogens with two attached hydrogens (primary N) is 1. The Morgan fingerprint density at radius 3 is 2.47 bits per heavy atom. The Labute approximate surface area is 94.0 Å². The van der Waals surface area contributed by atoms with Gasteiger partial charge in [-0.1, -0.05) is 6.92 Å². The lowest BCUT2D eigenvalue weighted by molar-refractivity contribution is 0.106. The van der Waals surface area contributed by atoms with E-state index in [1.165, 1.54) is 19.3 Å². The molecule has 1 rings (SSSR count). The van der Waals surface area contributed by atoms with Gasteiger partial charge < -0.3 is 15.4 Å². The summed E-state index contributed by atoms with van der Waals surface area (Å²) in [5.74, 6) is 0. The van der Waals surface area contributed by atoms with Gasteiger partial charge in [0, 0.05) is 18.7 Å². The monoisotopic (exact) mass is 214 g/mol. The Morgan fingerprint density at radius 1 is 1.27 bits per heavy atom. The molecule has 0 saturated heterocycles. The van der Waals surface area contributed by atoms with Gasteiger partial charge in [-0.15, -0.1) is 0 Å². The van der Waals surface area contributed by atoms with Crippen molar-refractivity contribution in [3.8, 4) is 0 Å².